The van der Waals surface area contributed by atoms with E-state index in [2.05, 4.69) is 27.2 Å². The highest BCUT2D eigenvalue weighted by molar-refractivity contribution is 8.01. The molecule has 1 atom stereocenters. The lowest BCUT2D eigenvalue weighted by molar-refractivity contribution is -0.119. The van der Waals surface area contributed by atoms with Crippen LogP contribution in [0.25, 0.3) is 11.3 Å². The highest BCUT2D eigenvalue weighted by Crippen LogP contribution is 2.32. The number of carbonyl (C=O) groups excluding carboxylic acids is 2. The van der Waals surface area contributed by atoms with Crippen LogP contribution in [0.5, 0.6) is 0 Å². The number of hydrogen-bond acceptors (Lipinski definition) is 8. The van der Waals surface area contributed by atoms with Gasteiger partial charge in [0.05, 0.1) is 21.5 Å². The first-order chi connectivity index (χ1) is 21.4. The maximum atomic E-state index is 12.8. The fourth-order valence-electron chi connectivity index (χ4n) is 5.73. The summed E-state index contributed by atoms with van der Waals surface area (Å²) in [4.78, 5) is 36.8. The summed E-state index contributed by atoms with van der Waals surface area (Å²) in [7, 11) is 2.02. The molecule has 2 aliphatic heterocycles. The molecule has 3 heterocycles. The van der Waals surface area contributed by atoms with E-state index < -0.39 is 5.60 Å². The molecule has 2 aromatic carbocycles. The van der Waals surface area contributed by atoms with E-state index in [4.69, 9.17) is 32.9 Å². The molecule has 1 N–H and O–H groups in total. The van der Waals surface area contributed by atoms with Gasteiger partial charge in [-0.3, -0.25) is 14.6 Å². The number of nitrogens with zero attached hydrogens (tertiary/aromatic N) is 4. The Kier molecular flexibility index (Phi) is 11.2. The molecule has 3 aromatic rings. The minimum absolute atomic E-state index is 0.0365. The van der Waals surface area contributed by atoms with Crippen LogP contribution in [-0.4, -0.2) is 77.0 Å². The van der Waals surface area contributed by atoms with E-state index in [1.165, 1.54) is 11.8 Å². The minimum Gasteiger partial charge on any atom is -0.444 e. The molecule has 5 rings (SSSR count). The third kappa shape index (κ3) is 9.29. The summed E-state index contributed by atoms with van der Waals surface area (Å²) >= 11 is 15.2. The van der Waals surface area contributed by atoms with Crippen LogP contribution in [0.15, 0.2) is 52.2 Å². The lowest BCUT2D eigenvalue weighted by Gasteiger charge is -2.35. The Balaban J connectivity index is 1.09. The Morgan fingerprint density at radius 1 is 1.09 bits per heavy atom. The van der Waals surface area contributed by atoms with E-state index in [1.807, 2.05) is 68.4 Å². The number of piperidine rings is 1. The number of thiazole rings is 1. The van der Waals surface area contributed by atoms with Gasteiger partial charge in [-0.1, -0.05) is 53.2 Å². The van der Waals surface area contributed by atoms with Crippen LogP contribution in [0.3, 0.4) is 0 Å². The number of benzene rings is 2. The fourth-order valence-corrected chi connectivity index (χ4v) is 7.69. The minimum atomic E-state index is -0.531. The van der Waals surface area contributed by atoms with Gasteiger partial charge in [0.2, 0.25) is 5.91 Å². The molecular formula is C33H41Cl2N5O3S2. The number of carbonyl (C=O) groups is 2. The van der Waals surface area contributed by atoms with Crippen LogP contribution < -0.4 is 10.2 Å². The molecule has 12 heteroatoms. The second kappa shape index (κ2) is 14.9. The molecule has 2 aliphatic rings. The van der Waals surface area contributed by atoms with Gasteiger partial charge in [-0.25, -0.2) is 9.78 Å². The van der Waals surface area contributed by atoms with Gasteiger partial charge in [-0.15, -0.1) is 11.3 Å². The Morgan fingerprint density at radius 2 is 1.87 bits per heavy atom. The van der Waals surface area contributed by atoms with Gasteiger partial charge in [0.1, 0.15) is 11.8 Å². The van der Waals surface area contributed by atoms with Gasteiger partial charge >= 0.3 is 6.09 Å². The number of nitrogens with one attached hydrogen (secondary N) is 1. The van der Waals surface area contributed by atoms with Gasteiger partial charge in [0, 0.05) is 55.9 Å². The number of likely N-dealkylation sites (tertiary alicyclic amines) is 2. The monoisotopic (exact) mass is 689 g/mol. The quantitative estimate of drug-likeness (QED) is 0.230. The molecule has 8 nitrogen and oxygen atoms in total. The molecule has 0 aliphatic carbocycles. The summed E-state index contributed by atoms with van der Waals surface area (Å²) in [5.41, 5.74) is 3.50. The summed E-state index contributed by atoms with van der Waals surface area (Å²) < 4.78 is 6.52. The third-order valence-corrected chi connectivity index (χ3v) is 10.8. The van der Waals surface area contributed by atoms with Crippen molar-refractivity contribution in [2.24, 2.45) is 0 Å². The van der Waals surface area contributed by atoms with Crippen molar-refractivity contribution in [3.63, 3.8) is 0 Å². The van der Waals surface area contributed by atoms with Crippen molar-refractivity contribution in [3.8, 4) is 11.3 Å². The van der Waals surface area contributed by atoms with Gasteiger partial charge in [0.25, 0.3) is 0 Å². The molecule has 0 saturated carbocycles. The second-order valence-corrected chi connectivity index (χ2v) is 15.5. The largest absolute Gasteiger partial charge is 0.444 e. The predicted molar refractivity (Wildman–Crippen MR) is 186 cm³/mol. The number of anilines is 1. The van der Waals surface area contributed by atoms with E-state index in [0.717, 1.165) is 72.2 Å². The maximum absolute atomic E-state index is 12.8. The van der Waals surface area contributed by atoms with E-state index in [-0.39, 0.29) is 24.2 Å². The smallest absolute Gasteiger partial charge is 0.411 e. The zero-order valence-electron chi connectivity index (χ0n) is 26.2. The van der Waals surface area contributed by atoms with E-state index in [1.54, 1.807) is 11.3 Å². The fraction of sp³-hybridized carbons (Fsp3) is 0.485. The Labute approximate surface area is 284 Å². The van der Waals surface area contributed by atoms with Crippen LogP contribution >= 0.6 is 46.3 Å². The lowest BCUT2D eigenvalue weighted by atomic mass is 10.0. The average Bonchev–Trinajstić information content (AvgIpc) is 3.69. The number of halogens is 2. The molecule has 2 fully saturated rings. The zero-order valence-corrected chi connectivity index (χ0v) is 29.4. The van der Waals surface area contributed by atoms with E-state index >= 15 is 0 Å². The molecule has 45 heavy (non-hydrogen) atoms. The van der Waals surface area contributed by atoms with Gasteiger partial charge in [0.15, 0.2) is 4.34 Å². The van der Waals surface area contributed by atoms with Crippen LogP contribution in [0.4, 0.5) is 10.5 Å². The summed E-state index contributed by atoms with van der Waals surface area (Å²) in [6, 6.07) is 14.2. The van der Waals surface area contributed by atoms with Crippen LogP contribution in [0, 0.1) is 0 Å². The standard InChI is InChI=1S/C33H41Cl2N5O3S2/c1-33(2,3)43-32(42)40-14-6-9-30(40)38(4)25-8-5-7-23(18-25)28-20-44-31(37-28)45-21-29(41)36-24-12-15-39(16-13-24)19-22-10-11-26(34)27(35)17-22/h5,7-8,10-11,17-18,20,24,30H,6,9,12-16,19,21H2,1-4H3,(H,36,41)/t30-/m1/s1. The normalized spacial score (nSPS) is 17.8. The Bertz CT molecular complexity index is 1490. The first kappa shape index (κ1) is 33.9. The van der Waals surface area contributed by atoms with E-state index in [9.17, 15) is 9.59 Å². The van der Waals surface area contributed by atoms with Crippen molar-refractivity contribution in [1.29, 1.82) is 0 Å². The predicted octanol–water partition coefficient (Wildman–Crippen LogP) is 7.78. The van der Waals surface area contributed by atoms with Gasteiger partial charge in [-0.05, 0) is 76.3 Å². The van der Waals surface area contributed by atoms with Crippen molar-refractivity contribution in [1.82, 2.24) is 20.1 Å². The van der Waals surface area contributed by atoms with Crippen LogP contribution in [-0.2, 0) is 16.1 Å². The number of ether oxygens (including phenoxy) is 1. The number of thioether (sulfide) groups is 1. The molecular weight excluding hydrogens is 649 g/mol. The first-order valence-electron chi connectivity index (χ1n) is 15.3. The topological polar surface area (TPSA) is 78.0 Å². The molecule has 242 valence electrons. The van der Waals surface area contributed by atoms with Gasteiger partial charge < -0.3 is 15.0 Å². The van der Waals surface area contributed by atoms with Crippen molar-refractivity contribution in [2.45, 2.75) is 75.1 Å². The average molecular weight is 691 g/mol. The highest BCUT2D eigenvalue weighted by Gasteiger charge is 2.35. The number of amides is 2. The van der Waals surface area contributed by atoms with Crippen molar-refractivity contribution in [3.05, 3.63) is 63.5 Å². The summed E-state index contributed by atoms with van der Waals surface area (Å²) in [5, 5.41) is 6.39. The second-order valence-electron chi connectivity index (χ2n) is 12.6. The summed E-state index contributed by atoms with van der Waals surface area (Å²) in [6.45, 7) is 9.02. The SMILES string of the molecule is CN(c1cccc(-c2csc(SCC(=O)NC3CCN(Cc4ccc(Cl)c(Cl)c4)CC3)n2)c1)[C@H]1CCCN1C(=O)OC(C)(C)C. The molecule has 2 saturated heterocycles. The summed E-state index contributed by atoms with van der Waals surface area (Å²) in [5.74, 6) is 0.371. The number of hydrogen-bond donors (Lipinski definition) is 1. The van der Waals surface area contributed by atoms with E-state index in [0.29, 0.717) is 22.3 Å². The molecule has 2 amide bonds. The Morgan fingerprint density at radius 3 is 2.60 bits per heavy atom. The van der Waals surface area contributed by atoms with Gasteiger partial charge in [-0.2, -0.15) is 0 Å². The number of aromatic nitrogens is 1. The van der Waals surface area contributed by atoms with Crippen molar-refractivity contribution >= 4 is 64.0 Å². The summed E-state index contributed by atoms with van der Waals surface area (Å²) in [6.07, 6.45) is 3.32. The molecule has 1 aromatic heterocycles. The highest BCUT2D eigenvalue weighted by atomic mass is 35.5. The Hall–Kier alpha value is -2.50. The molecule has 0 radical (unpaired) electrons. The lowest BCUT2D eigenvalue weighted by Crippen LogP contribution is -2.47. The van der Waals surface area contributed by atoms with Crippen molar-refractivity contribution < 1.29 is 14.3 Å². The zero-order chi connectivity index (χ0) is 32.1. The third-order valence-electron chi connectivity index (χ3n) is 8.00. The van der Waals surface area contributed by atoms with Crippen LogP contribution in [0.1, 0.15) is 52.0 Å². The van der Waals surface area contributed by atoms with Crippen molar-refractivity contribution in [2.75, 3.05) is 37.3 Å². The molecule has 0 bridgehead atoms. The first-order valence-corrected chi connectivity index (χ1v) is 17.9. The number of rotatable bonds is 9. The molecule has 0 unspecified atom stereocenters. The van der Waals surface area contributed by atoms with Crippen LogP contribution in [0.2, 0.25) is 10.0 Å². The maximum Gasteiger partial charge on any atom is 0.411 e. The molecule has 0 spiro atoms.